The number of carbonyl (C=O) groups is 4. The Balaban J connectivity index is 1.66. The van der Waals surface area contributed by atoms with Crippen LogP contribution in [0.1, 0.15) is 47.1 Å². The number of anilines is 1. The molecule has 0 spiro atoms. The van der Waals surface area contributed by atoms with E-state index in [1.807, 2.05) is 12.1 Å². The fraction of sp³-hybridized carbons (Fsp3) is 0.250. The van der Waals surface area contributed by atoms with Gasteiger partial charge in [-0.2, -0.15) is 0 Å². The molecular weight excluding hydrogens is 426 g/mol. The number of nitrogens with one attached hydrogen (secondary N) is 2. The molecule has 1 heterocycles. The number of Topliss-reactive ketones (excluding diaryl/α,β-unsaturated/α-hetero) is 1. The molecule has 172 valence electrons. The van der Waals surface area contributed by atoms with Gasteiger partial charge in [0.1, 0.15) is 12.2 Å². The van der Waals surface area contributed by atoms with Gasteiger partial charge in [0.2, 0.25) is 5.78 Å². The van der Waals surface area contributed by atoms with Crippen molar-refractivity contribution < 1.29 is 28.7 Å². The van der Waals surface area contributed by atoms with E-state index in [4.69, 9.17) is 9.47 Å². The van der Waals surface area contributed by atoms with E-state index in [-0.39, 0.29) is 29.2 Å². The number of nitrogens with zero attached hydrogens (tertiary/aromatic N) is 1. The van der Waals surface area contributed by atoms with Crippen molar-refractivity contribution in [3.63, 3.8) is 0 Å². The van der Waals surface area contributed by atoms with Crippen LogP contribution < -0.4 is 10.6 Å². The smallest absolute Gasteiger partial charge is 0.412 e. The highest BCUT2D eigenvalue weighted by atomic mass is 16.6. The van der Waals surface area contributed by atoms with Gasteiger partial charge in [-0.25, -0.2) is 9.59 Å². The van der Waals surface area contributed by atoms with Crippen LogP contribution in [0.25, 0.3) is 0 Å². The summed E-state index contributed by atoms with van der Waals surface area (Å²) in [5, 5.41) is 4.96. The average molecular weight is 451 g/mol. The summed E-state index contributed by atoms with van der Waals surface area (Å²) >= 11 is 0. The minimum atomic E-state index is -0.842. The van der Waals surface area contributed by atoms with Gasteiger partial charge in [0, 0.05) is 30.7 Å². The monoisotopic (exact) mass is 451 g/mol. The summed E-state index contributed by atoms with van der Waals surface area (Å²) in [4.78, 5) is 48.8. The SMILES string of the molecule is C=CCOC(=O)NC1=CC(=O)c2cn(Cc3ccc(NC(=O)OC(C)(C)C)cc3)cc2C1=O. The van der Waals surface area contributed by atoms with Crippen molar-refractivity contribution >= 4 is 29.4 Å². The number of benzene rings is 1. The van der Waals surface area contributed by atoms with Gasteiger partial charge < -0.3 is 14.0 Å². The molecule has 0 bridgehead atoms. The number of aromatic nitrogens is 1. The van der Waals surface area contributed by atoms with Gasteiger partial charge in [-0.05, 0) is 38.5 Å². The van der Waals surface area contributed by atoms with Crippen LogP contribution in [0.3, 0.4) is 0 Å². The molecule has 3 rings (SSSR count). The van der Waals surface area contributed by atoms with E-state index >= 15 is 0 Å². The molecule has 33 heavy (non-hydrogen) atoms. The van der Waals surface area contributed by atoms with Crippen molar-refractivity contribution in [3.8, 4) is 0 Å². The highest BCUT2D eigenvalue weighted by Gasteiger charge is 2.28. The topological polar surface area (TPSA) is 116 Å². The quantitative estimate of drug-likeness (QED) is 0.640. The lowest BCUT2D eigenvalue weighted by Crippen LogP contribution is -2.31. The first kappa shape index (κ1) is 23.5. The second-order valence-electron chi connectivity index (χ2n) is 8.35. The number of ether oxygens (including phenoxy) is 2. The number of amides is 2. The summed E-state index contributed by atoms with van der Waals surface area (Å²) in [6, 6.07) is 7.10. The summed E-state index contributed by atoms with van der Waals surface area (Å²) in [6.07, 6.45) is 4.24. The molecule has 0 fully saturated rings. The Kier molecular flexibility index (Phi) is 6.81. The normalized spacial score (nSPS) is 13.0. The second kappa shape index (κ2) is 9.56. The minimum Gasteiger partial charge on any atom is -0.445 e. The minimum absolute atomic E-state index is 0.0189. The van der Waals surface area contributed by atoms with Gasteiger partial charge in [-0.15, -0.1) is 0 Å². The van der Waals surface area contributed by atoms with Crippen LogP contribution in [-0.2, 0) is 16.0 Å². The van der Waals surface area contributed by atoms with Crippen LogP contribution in [0.5, 0.6) is 0 Å². The number of hydrogen-bond donors (Lipinski definition) is 2. The third-order valence-electron chi connectivity index (χ3n) is 4.44. The zero-order chi connectivity index (χ0) is 24.2. The predicted octanol–water partition coefficient (Wildman–Crippen LogP) is 4.06. The van der Waals surface area contributed by atoms with Crippen LogP contribution in [0.15, 0.2) is 61.1 Å². The molecule has 0 aliphatic heterocycles. The van der Waals surface area contributed by atoms with Gasteiger partial charge in [0.15, 0.2) is 5.78 Å². The predicted molar refractivity (Wildman–Crippen MR) is 121 cm³/mol. The number of carbonyl (C=O) groups excluding carboxylic acids is 4. The molecule has 1 aromatic heterocycles. The van der Waals surface area contributed by atoms with Gasteiger partial charge in [-0.3, -0.25) is 20.2 Å². The third kappa shape index (κ3) is 6.19. The Labute approximate surface area is 191 Å². The molecule has 9 heteroatoms. The van der Waals surface area contributed by atoms with Crippen molar-refractivity contribution in [1.82, 2.24) is 9.88 Å². The molecule has 1 aliphatic rings. The Morgan fingerprint density at radius 2 is 1.70 bits per heavy atom. The van der Waals surface area contributed by atoms with Gasteiger partial charge in [-0.1, -0.05) is 24.8 Å². The van der Waals surface area contributed by atoms with Crippen molar-refractivity contribution in [2.75, 3.05) is 11.9 Å². The number of allylic oxidation sites excluding steroid dienone is 2. The third-order valence-corrected chi connectivity index (χ3v) is 4.44. The maximum atomic E-state index is 12.7. The maximum Gasteiger partial charge on any atom is 0.412 e. The van der Waals surface area contributed by atoms with E-state index in [0.29, 0.717) is 12.2 Å². The van der Waals surface area contributed by atoms with Crippen LogP contribution in [0.2, 0.25) is 0 Å². The maximum absolute atomic E-state index is 12.7. The molecule has 2 amide bonds. The molecule has 2 N–H and O–H groups in total. The molecule has 2 aromatic rings. The van der Waals surface area contributed by atoms with E-state index in [9.17, 15) is 19.2 Å². The highest BCUT2D eigenvalue weighted by molar-refractivity contribution is 6.25. The molecule has 0 saturated carbocycles. The van der Waals surface area contributed by atoms with E-state index < -0.39 is 23.6 Å². The average Bonchev–Trinajstić information content (AvgIpc) is 3.15. The zero-order valence-corrected chi connectivity index (χ0v) is 18.6. The second-order valence-corrected chi connectivity index (χ2v) is 8.35. The summed E-state index contributed by atoms with van der Waals surface area (Å²) in [5.74, 6) is -0.866. The van der Waals surface area contributed by atoms with Crippen molar-refractivity contribution in [2.45, 2.75) is 32.9 Å². The van der Waals surface area contributed by atoms with Crippen LogP contribution >= 0.6 is 0 Å². The standard InChI is InChI=1S/C24H25N3O6/c1-5-10-32-22(30)26-19-11-20(28)17-13-27(14-18(17)21(19)29)12-15-6-8-16(9-7-15)25-23(31)33-24(2,3)4/h5-9,11,13-14H,1,10,12H2,2-4H3,(H,25,31)(H,26,30). The van der Waals surface area contributed by atoms with E-state index in [1.165, 1.54) is 6.08 Å². The molecule has 1 aromatic carbocycles. The fourth-order valence-corrected chi connectivity index (χ4v) is 3.10. The van der Waals surface area contributed by atoms with Gasteiger partial charge in [0.05, 0.1) is 16.8 Å². The Morgan fingerprint density at radius 1 is 1.03 bits per heavy atom. The number of ketones is 2. The van der Waals surface area contributed by atoms with Crippen molar-refractivity contribution in [1.29, 1.82) is 0 Å². The lowest BCUT2D eigenvalue weighted by molar-refractivity contribution is 0.0635. The Bertz CT molecular complexity index is 1140. The summed E-state index contributed by atoms with van der Waals surface area (Å²) in [5.41, 5.74) is 1.18. The van der Waals surface area contributed by atoms with Crippen LogP contribution in [-0.4, -0.2) is 40.5 Å². The number of fused-ring (bicyclic) bond motifs is 1. The van der Waals surface area contributed by atoms with Gasteiger partial charge >= 0.3 is 12.2 Å². The van der Waals surface area contributed by atoms with Crippen molar-refractivity contribution in [2.24, 2.45) is 0 Å². The number of alkyl carbamates (subject to hydrolysis) is 1. The summed E-state index contributed by atoms with van der Waals surface area (Å²) in [7, 11) is 0. The van der Waals surface area contributed by atoms with Crippen LogP contribution in [0, 0.1) is 0 Å². The number of rotatable bonds is 6. The first-order valence-corrected chi connectivity index (χ1v) is 10.2. The molecular formula is C24H25N3O6. The summed E-state index contributed by atoms with van der Waals surface area (Å²) < 4.78 is 11.7. The molecule has 0 radical (unpaired) electrons. The lowest BCUT2D eigenvalue weighted by Gasteiger charge is -2.19. The Hall–Kier alpha value is -4.14. The van der Waals surface area contributed by atoms with E-state index in [0.717, 1.165) is 11.6 Å². The molecule has 9 nitrogen and oxygen atoms in total. The number of hydrogen-bond acceptors (Lipinski definition) is 6. The molecule has 0 unspecified atom stereocenters. The largest absolute Gasteiger partial charge is 0.445 e. The van der Waals surface area contributed by atoms with Gasteiger partial charge in [0.25, 0.3) is 0 Å². The van der Waals surface area contributed by atoms with E-state index in [1.54, 1.807) is 49.9 Å². The Morgan fingerprint density at radius 3 is 2.33 bits per heavy atom. The molecule has 0 atom stereocenters. The molecule has 1 aliphatic carbocycles. The summed E-state index contributed by atoms with van der Waals surface area (Å²) in [6.45, 7) is 9.16. The van der Waals surface area contributed by atoms with Crippen LogP contribution in [0.4, 0.5) is 15.3 Å². The first-order valence-electron chi connectivity index (χ1n) is 10.2. The zero-order valence-electron chi connectivity index (χ0n) is 18.6. The van der Waals surface area contributed by atoms with Crippen molar-refractivity contribution in [3.05, 3.63) is 77.8 Å². The van der Waals surface area contributed by atoms with E-state index in [2.05, 4.69) is 17.2 Å². The fourth-order valence-electron chi connectivity index (χ4n) is 3.10. The molecule has 0 saturated heterocycles. The first-order chi connectivity index (χ1) is 15.6. The lowest BCUT2D eigenvalue weighted by atomic mass is 9.97. The highest BCUT2D eigenvalue weighted by Crippen LogP contribution is 2.22.